The molecule has 0 aromatic carbocycles. The van der Waals surface area contributed by atoms with Gasteiger partial charge in [-0.15, -0.1) is 0 Å². The van der Waals surface area contributed by atoms with Crippen molar-refractivity contribution in [2.24, 2.45) is 0 Å². The molecular weight excluding hydrogens is 278 g/mol. The highest BCUT2D eigenvalue weighted by Gasteiger charge is 2.34. The summed E-state index contributed by atoms with van der Waals surface area (Å²) in [6, 6.07) is 2.99. The third-order valence-corrected chi connectivity index (χ3v) is 3.97. The minimum Gasteiger partial charge on any atom is -0.467 e. The van der Waals surface area contributed by atoms with E-state index in [-0.39, 0.29) is 11.9 Å². The van der Waals surface area contributed by atoms with Gasteiger partial charge in [0.25, 0.3) is 5.91 Å². The van der Waals surface area contributed by atoms with E-state index >= 15 is 0 Å². The Labute approximate surface area is 122 Å². The van der Waals surface area contributed by atoms with Crippen LogP contribution in [-0.4, -0.2) is 42.7 Å². The second-order valence-corrected chi connectivity index (χ2v) is 5.60. The van der Waals surface area contributed by atoms with Crippen LogP contribution in [0.2, 0.25) is 0 Å². The Morgan fingerprint density at radius 1 is 1.45 bits per heavy atom. The van der Waals surface area contributed by atoms with E-state index < -0.39 is 6.04 Å². The molecule has 0 spiro atoms. The Bertz CT molecular complexity index is 485. The monoisotopic (exact) mass is 297 g/mol. The fourth-order valence-corrected chi connectivity index (χ4v) is 2.85. The van der Waals surface area contributed by atoms with Crippen molar-refractivity contribution < 1.29 is 18.7 Å². The molecular formula is C14H19NO4S. The van der Waals surface area contributed by atoms with Crippen LogP contribution in [-0.2, 0) is 15.3 Å². The van der Waals surface area contributed by atoms with E-state index in [0.717, 1.165) is 24.4 Å². The molecule has 0 aliphatic carbocycles. The molecule has 0 N–H and O–H groups in total. The van der Waals surface area contributed by atoms with Gasteiger partial charge >= 0.3 is 5.97 Å². The lowest BCUT2D eigenvalue weighted by Crippen LogP contribution is -2.48. The molecule has 1 atom stereocenters. The van der Waals surface area contributed by atoms with E-state index in [2.05, 4.69) is 0 Å². The van der Waals surface area contributed by atoms with Gasteiger partial charge < -0.3 is 14.1 Å². The van der Waals surface area contributed by atoms with Crippen LogP contribution in [0.15, 0.2) is 16.5 Å². The lowest BCUT2D eigenvalue weighted by molar-refractivity contribution is -0.147. The molecule has 1 aromatic rings. The molecule has 2 heterocycles. The molecule has 1 fully saturated rings. The number of nitrogens with zero attached hydrogens (tertiary/aromatic N) is 1. The molecule has 2 rings (SSSR count). The molecule has 6 heteroatoms. The average molecular weight is 297 g/mol. The van der Waals surface area contributed by atoms with Crippen LogP contribution in [0.1, 0.15) is 35.6 Å². The molecule has 1 aliphatic rings. The van der Waals surface area contributed by atoms with Gasteiger partial charge in [-0.05, 0) is 37.7 Å². The molecule has 0 bridgehead atoms. The number of carbonyl (C=O) groups excluding carboxylic acids is 2. The first-order chi connectivity index (χ1) is 9.67. The van der Waals surface area contributed by atoms with Crippen LogP contribution in [0, 0.1) is 0 Å². The number of thioether (sulfide) groups is 1. The van der Waals surface area contributed by atoms with Crippen molar-refractivity contribution in [2.75, 3.05) is 19.9 Å². The van der Waals surface area contributed by atoms with Crippen LogP contribution in [0.4, 0.5) is 0 Å². The zero-order valence-electron chi connectivity index (χ0n) is 11.8. The van der Waals surface area contributed by atoms with E-state index in [1.807, 2.05) is 6.26 Å². The summed E-state index contributed by atoms with van der Waals surface area (Å²) in [4.78, 5) is 25.8. The first-order valence-corrected chi connectivity index (χ1v) is 8.03. The van der Waals surface area contributed by atoms with Gasteiger partial charge in [0.1, 0.15) is 11.8 Å². The predicted molar refractivity (Wildman–Crippen MR) is 76.6 cm³/mol. The summed E-state index contributed by atoms with van der Waals surface area (Å²) >= 11 is 1.63. The summed E-state index contributed by atoms with van der Waals surface area (Å²) < 4.78 is 10.3. The third-order valence-electron chi connectivity index (χ3n) is 3.40. The molecule has 110 valence electrons. The quantitative estimate of drug-likeness (QED) is 0.798. The number of hydrogen-bond donors (Lipinski definition) is 0. The van der Waals surface area contributed by atoms with Crippen molar-refractivity contribution in [1.29, 1.82) is 0 Å². The lowest BCUT2D eigenvalue weighted by Gasteiger charge is -2.33. The summed E-state index contributed by atoms with van der Waals surface area (Å²) in [7, 11) is 1.35. The van der Waals surface area contributed by atoms with Crippen molar-refractivity contribution in [1.82, 2.24) is 4.90 Å². The van der Waals surface area contributed by atoms with Gasteiger partial charge in [0.05, 0.1) is 12.9 Å². The smallest absolute Gasteiger partial charge is 0.328 e. The number of piperidine rings is 1. The first-order valence-electron chi connectivity index (χ1n) is 6.63. The van der Waals surface area contributed by atoms with Gasteiger partial charge in [-0.3, -0.25) is 4.79 Å². The zero-order chi connectivity index (χ0) is 14.5. The second kappa shape index (κ2) is 6.83. The molecule has 20 heavy (non-hydrogen) atoms. The maximum atomic E-state index is 12.5. The summed E-state index contributed by atoms with van der Waals surface area (Å²) in [5.74, 6) is 1.21. The number of furan rings is 1. The lowest BCUT2D eigenvalue weighted by atomic mass is 10.0. The topological polar surface area (TPSA) is 59.8 Å². The fraction of sp³-hybridized carbons (Fsp3) is 0.571. The number of methoxy groups -OCH3 is 1. The summed E-state index contributed by atoms with van der Waals surface area (Å²) in [6.45, 7) is 0.567. The highest BCUT2D eigenvalue weighted by molar-refractivity contribution is 7.97. The van der Waals surface area contributed by atoms with Crippen molar-refractivity contribution in [3.63, 3.8) is 0 Å². The van der Waals surface area contributed by atoms with Crippen LogP contribution in [0.5, 0.6) is 0 Å². The van der Waals surface area contributed by atoms with Gasteiger partial charge in [0.15, 0.2) is 5.76 Å². The maximum Gasteiger partial charge on any atom is 0.328 e. The molecule has 1 amide bonds. The third kappa shape index (κ3) is 3.17. The maximum absolute atomic E-state index is 12.5. The Balaban J connectivity index is 2.14. The normalized spacial score (nSPS) is 18.9. The van der Waals surface area contributed by atoms with Gasteiger partial charge in [-0.25, -0.2) is 4.79 Å². The molecule has 5 nitrogen and oxygen atoms in total. The Morgan fingerprint density at radius 2 is 2.25 bits per heavy atom. The number of rotatable bonds is 4. The molecule has 0 saturated carbocycles. The Morgan fingerprint density at radius 3 is 2.95 bits per heavy atom. The molecule has 1 aliphatic heterocycles. The molecule has 0 unspecified atom stereocenters. The second-order valence-electron chi connectivity index (χ2n) is 4.73. The number of ether oxygens (including phenoxy) is 1. The minimum atomic E-state index is -0.490. The first kappa shape index (κ1) is 15.0. The van der Waals surface area contributed by atoms with Crippen LogP contribution in [0.3, 0.4) is 0 Å². The van der Waals surface area contributed by atoms with Gasteiger partial charge in [-0.1, -0.05) is 0 Å². The van der Waals surface area contributed by atoms with Crippen molar-refractivity contribution in [3.05, 3.63) is 23.7 Å². The van der Waals surface area contributed by atoms with E-state index in [9.17, 15) is 9.59 Å². The zero-order valence-corrected chi connectivity index (χ0v) is 12.6. The van der Waals surface area contributed by atoms with Crippen LogP contribution >= 0.6 is 11.8 Å². The number of amides is 1. The molecule has 1 aromatic heterocycles. The van der Waals surface area contributed by atoms with E-state index in [4.69, 9.17) is 9.15 Å². The van der Waals surface area contributed by atoms with E-state index in [1.54, 1.807) is 28.8 Å². The number of esters is 1. The van der Waals surface area contributed by atoms with Crippen LogP contribution < -0.4 is 0 Å². The fourth-order valence-electron chi connectivity index (χ4n) is 2.41. The highest BCUT2D eigenvalue weighted by atomic mass is 32.2. The summed E-state index contributed by atoms with van der Waals surface area (Å²) in [5.41, 5.74) is 0. The van der Waals surface area contributed by atoms with Gasteiger partial charge in [-0.2, -0.15) is 11.8 Å². The standard InChI is InChI=1S/C14H19NO4S/c1-18-14(17)11-5-3-4-8-15(11)13(16)12-7-6-10(19-12)9-20-2/h6-7,11H,3-5,8-9H2,1-2H3/t11-/m1/s1. The predicted octanol–water partition coefficient (Wildman–Crippen LogP) is 2.31. The van der Waals surface area contributed by atoms with Crippen molar-refractivity contribution >= 4 is 23.6 Å². The van der Waals surface area contributed by atoms with Crippen LogP contribution in [0.25, 0.3) is 0 Å². The molecule has 0 radical (unpaired) electrons. The van der Waals surface area contributed by atoms with E-state index in [1.165, 1.54) is 7.11 Å². The molecule has 1 saturated heterocycles. The number of likely N-dealkylation sites (tertiary alicyclic amines) is 1. The number of hydrogen-bond acceptors (Lipinski definition) is 5. The largest absolute Gasteiger partial charge is 0.467 e. The Kier molecular flexibility index (Phi) is 5.11. The van der Waals surface area contributed by atoms with Gasteiger partial charge in [0, 0.05) is 6.54 Å². The van der Waals surface area contributed by atoms with Crippen molar-refractivity contribution in [2.45, 2.75) is 31.1 Å². The number of carbonyl (C=O) groups is 2. The average Bonchev–Trinajstić information content (AvgIpc) is 2.94. The van der Waals surface area contributed by atoms with Crippen molar-refractivity contribution in [3.8, 4) is 0 Å². The summed E-state index contributed by atoms with van der Waals surface area (Å²) in [6.07, 6.45) is 4.45. The highest BCUT2D eigenvalue weighted by Crippen LogP contribution is 2.22. The van der Waals surface area contributed by atoms with E-state index in [0.29, 0.717) is 18.7 Å². The SMILES string of the molecule is COC(=O)[C@H]1CCCCN1C(=O)c1ccc(CSC)o1. The minimum absolute atomic E-state index is 0.229. The Hall–Kier alpha value is -1.43. The van der Waals surface area contributed by atoms with Gasteiger partial charge in [0.2, 0.25) is 0 Å². The summed E-state index contributed by atoms with van der Waals surface area (Å²) in [5, 5.41) is 0.